The molecule has 2 aliphatic rings. The van der Waals surface area contributed by atoms with Gasteiger partial charge in [-0.05, 0) is 62.7 Å². The number of furan rings is 1. The van der Waals surface area contributed by atoms with Gasteiger partial charge in [0.05, 0.1) is 29.6 Å². The Bertz CT molecular complexity index is 1130. The smallest absolute Gasteiger partial charge is 0.338 e. The van der Waals surface area contributed by atoms with Gasteiger partial charge in [0.1, 0.15) is 11.5 Å². The second-order valence-electron chi connectivity index (χ2n) is 7.82. The number of thioether (sulfide) groups is 1. The summed E-state index contributed by atoms with van der Waals surface area (Å²) in [6, 6.07) is 10.6. The Morgan fingerprint density at radius 1 is 1.09 bits per heavy atom. The van der Waals surface area contributed by atoms with Gasteiger partial charge in [0.25, 0.3) is 5.91 Å². The number of nitrogens with zero attached hydrogens (tertiary/aromatic N) is 2. The first kappa shape index (κ1) is 23.8. The van der Waals surface area contributed by atoms with Gasteiger partial charge in [-0.2, -0.15) is 4.99 Å². The highest BCUT2D eigenvalue weighted by molar-refractivity contribution is 8.18. The highest BCUT2D eigenvalue weighted by Gasteiger charge is 2.31. The van der Waals surface area contributed by atoms with E-state index in [1.165, 1.54) is 11.8 Å². The lowest BCUT2D eigenvalue weighted by atomic mass is 9.97. The Kier molecular flexibility index (Phi) is 7.52. The molecule has 0 aliphatic carbocycles. The van der Waals surface area contributed by atoms with Gasteiger partial charge in [-0.3, -0.25) is 9.59 Å². The third kappa shape index (κ3) is 5.41. The van der Waals surface area contributed by atoms with Gasteiger partial charge in [-0.15, -0.1) is 0 Å². The van der Waals surface area contributed by atoms with E-state index in [4.69, 9.17) is 13.9 Å². The van der Waals surface area contributed by atoms with Crippen molar-refractivity contribution in [1.29, 1.82) is 0 Å². The third-order valence-corrected chi connectivity index (χ3v) is 6.62. The summed E-state index contributed by atoms with van der Waals surface area (Å²) in [6.07, 6.45) is 3.05. The number of carbonyl (C=O) groups is 3. The van der Waals surface area contributed by atoms with Crippen molar-refractivity contribution in [2.45, 2.75) is 26.7 Å². The molecule has 0 N–H and O–H groups in total. The molecule has 1 aromatic heterocycles. The molecule has 0 saturated carbocycles. The first-order valence-electron chi connectivity index (χ1n) is 11.3. The van der Waals surface area contributed by atoms with Gasteiger partial charge in [-0.1, -0.05) is 12.1 Å². The largest absolute Gasteiger partial charge is 0.466 e. The summed E-state index contributed by atoms with van der Waals surface area (Å²) in [6.45, 7) is 5.59. The molecule has 1 amide bonds. The van der Waals surface area contributed by atoms with E-state index in [1.807, 2.05) is 11.0 Å². The molecule has 0 bridgehead atoms. The van der Waals surface area contributed by atoms with E-state index in [2.05, 4.69) is 4.99 Å². The minimum Gasteiger partial charge on any atom is -0.466 e. The predicted octanol–water partition coefficient (Wildman–Crippen LogP) is 4.37. The first-order chi connectivity index (χ1) is 16.5. The summed E-state index contributed by atoms with van der Waals surface area (Å²) in [5.74, 6) is 0.254. The van der Waals surface area contributed by atoms with Gasteiger partial charge < -0.3 is 18.8 Å². The Hall–Kier alpha value is -3.33. The summed E-state index contributed by atoms with van der Waals surface area (Å²) in [5, 5.41) is 0.653. The Morgan fingerprint density at radius 3 is 2.47 bits per heavy atom. The Balaban J connectivity index is 1.37. The molecule has 0 spiro atoms. The average Bonchev–Trinajstić information content (AvgIpc) is 3.46. The molecule has 8 nitrogen and oxygen atoms in total. The van der Waals surface area contributed by atoms with E-state index in [9.17, 15) is 14.4 Å². The van der Waals surface area contributed by atoms with E-state index < -0.39 is 0 Å². The zero-order valence-electron chi connectivity index (χ0n) is 19.1. The normalized spacial score (nSPS) is 17.7. The zero-order valence-corrected chi connectivity index (χ0v) is 19.9. The minimum absolute atomic E-state index is 0.0955. The SMILES string of the molecule is CCOC(=O)c1ccc(-c2ccc(/C=C3\SC(N4CCC(C(=O)OCC)CC4)=NC3=O)o2)cc1. The molecular weight excluding hydrogens is 456 g/mol. The molecule has 9 heteroatoms. The maximum atomic E-state index is 12.5. The van der Waals surface area contributed by atoms with E-state index >= 15 is 0 Å². The van der Waals surface area contributed by atoms with Crippen LogP contribution in [-0.2, 0) is 19.1 Å². The summed E-state index contributed by atoms with van der Waals surface area (Å²) in [4.78, 5) is 42.9. The van der Waals surface area contributed by atoms with Crippen LogP contribution in [0.2, 0.25) is 0 Å². The van der Waals surface area contributed by atoms with Crippen LogP contribution >= 0.6 is 11.8 Å². The molecule has 0 radical (unpaired) electrons. The lowest BCUT2D eigenvalue weighted by molar-refractivity contribution is -0.149. The molecule has 1 aromatic carbocycles. The van der Waals surface area contributed by atoms with E-state index in [0.717, 1.165) is 5.56 Å². The number of rotatable bonds is 6. The number of carbonyl (C=O) groups excluding carboxylic acids is 3. The number of likely N-dealkylation sites (tertiary alicyclic amines) is 1. The van der Waals surface area contributed by atoms with Crippen molar-refractivity contribution in [3.05, 3.63) is 52.6 Å². The maximum Gasteiger partial charge on any atom is 0.338 e. The molecule has 1 saturated heterocycles. The number of piperidine rings is 1. The lowest BCUT2D eigenvalue weighted by Crippen LogP contribution is -2.39. The zero-order chi connectivity index (χ0) is 24.1. The lowest BCUT2D eigenvalue weighted by Gasteiger charge is -2.31. The van der Waals surface area contributed by atoms with Crippen LogP contribution in [0.15, 0.2) is 50.7 Å². The molecular formula is C25H26N2O6S. The highest BCUT2D eigenvalue weighted by Crippen LogP contribution is 2.33. The monoisotopic (exact) mass is 482 g/mol. The molecule has 1 fully saturated rings. The van der Waals surface area contributed by atoms with Crippen molar-refractivity contribution in [2.75, 3.05) is 26.3 Å². The maximum absolute atomic E-state index is 12.5. The van der Waals surface area contributed by atoms with Crippen LogP contribution in [0.25, 0.3) is 17.4 Å². The minimum atomic E-state index is -0.364. The average molecular weight is 483 g/mol. The number of amides is 1. The topological polar surface area (TPSA) is 98.4 Å². The van der Waals surface area contributed by atoms with Crippen molar-refractivity contribution < 1.29 is 28.3 Å². The van der Waals surface area contributed by atoms with Crippen LogP contribution in [0.3, 0.4) is 0 Å². The number of ether oxygens (including phenoxy) is 2. The standard InChI is InChI=1S/C25H26N2O6S/c1-3-31-23(29)17-7-5-16(6-8-17)20-10-9-19(33-20)15-21-22(28)26-25(34-21)27-13-11-18(12-14-27)24(30)32-4-2/h5-10,15,18H,3-4,11-14H2,1-2H3/b21-15-. The number of esters is 2. The van der Waals surface area contributed by atoms with Crippen molar-refractivity contribution in [2.24, 2.45) is 10.9 Å². The summed E-state index contributed by atoms with van der Waals surface area (Å²) >= 11 is 1.31. The summed E-state index contributed by atoms with van der Waals surface area (Å²) in [5.41, 5.74) is 1.29. The number of hydrogen-bond donors (Lipinski definition) is 0. The number of aliphatic imine (C=N–C) groups is 1. The van der Waals surface area contributed by atoms with Crippen LogP contribution in [0.5, 0.6) is 0 Å². The van der Waals surface area contributed by atoms with Crippen molar-refractivity contribution in [3.63, 3.8) is 0 Å². The molecule has 34 heavy (non-hydrogen) atoms. The first-order valence-corrected chi connectivity index (χ1v) is 12.1. The fourth-order valence-electron chi connectivity index (χ4n) is 3.80. The molecule has 4 rings (SSSR count). The van der Waals surface area contributed by atoms with E-state index in [0.29, 0.717) is 66.3 Å². The van der Waals surface area contributed by atoms with Crippen LogP contribution in [-0.4, -0.2) is 54.2 Å². The predicted molar refractivity (Wildman–Crippen MR) is 129 cm³/mol. The number of amidine groups is 1. The number of benzene rings is 1. The second-order valence-corrected chi connectivity index (χ2v) is 8.83. The second kappa shape index (κ2) is 10.7. The third-order valence-electron chi connectivity index (χ3n) is 5.58. The Labute approximate surface area is 202 Å². The molecule has 3 heterocycles. The Morgan fingerprint density at radius 2 is 1.79 bits per heavy atom. The van der Waals surface area contributed by atoms with Crippen LogP contribution < -0.4 is 0 Å². The number of hydrogen-bond acceptors (Lipinski definition) is 8. The quantitative estimate of drug-likeness (QED) is 0.442. The highest BCUT2D eigenvalue weighted by atomic mass is 32.2. The molecule has 178 valence electrons. The molecule has 0 unspecified atom stereocenters. The van der Waals surface area contributed by atoms with Crippen molar-refractivity contribution in [1.82, 2.24) is 4.90 Å². The fourth-order valence-corrected chi connectivity index (χ4v) is 4.74. The van der Waals surface area contributed by atoms with Gasteiger partial charge in [0.15, 0.2) is 5.17 Å². The fraction of sp³-hybridized carbons (Fsp3) is 0.360. The van der Waals surface area contributed by atoms with Crippen LogP contribution in [0, 0.1) is 5.92 Å². The summed E-state index contributed by atoms with van der Waals surface area (Å²) in [7, 11) is 0. The molecule has 2 aromatic rings. The van der Waals surface area contributed by atoms with Crippen LogP contribution in [0.4, 0.5) is 0 Å². The van der Waals surface area contributed by atoms with Crippen molar-refractivity contribution >= 4 is 40.9 Å². The van der Waals surface area contributed by atoms with Gasteiger partial charge >= 0.3 is 11.9 Å². The van der Waals surface area contributed by atoms with Gasteiger partial charge in [0, 0.05) is 24.7 Å². The molecule has 0 atom stereocenters. The van der Waals surface area contributed by atoms with E-state index in [-0.39, 0.29) is 23.8 Å². The van der Waals surface area contributed by atoms with Gasteiger partial charge in [-0.25, -0.2) is 4.79 Å². The van der Waals surface area contributed by atoms with Crippen LogP contribution in [0.1, 0.15) is 42.8 Å². The summed E-state index contributed by atoms with van der Waals surface area (Å²) < 4.78 is 16.0. The molecule has 2 aliphatic heterocycles. The van der Waals surface area contributed by atoms with Gasteiger partial charge in [0.2, 0.25) is 0 Å². The van der Waals surface area contributed by atoms with Crippen molar-refractivity contribution in [3.8, 4) is 11.3 Å². The van der Waals surface area contributed by atoms with E-state index in [1.54, 1.807) is 50.3 Å².